The molecular weight excluding hydrogens is 260 g/mol. The van der Waals surface area contributed by atoms with Gasteiger partial charge in [0.05, 0.1) is 12.0 Å². The lowest BCUT2D eigenvalue weighted by Crippen LogP contribution is -2.11. The predicted octanol–water partition coefficient (Wildman–Crippen LogP) is 3.86. The van der Waals surface area contributed by atoms with Gasteiger partial charge in [-0.1, -0.05) is 49.0 Å². The van der Waals surface area contributed by atoms with E-state index in [1.54, 1.807) is 19.1 Å². The van der Waals surface area contributed by atoms with Crippen LogP contribution in [-0.2, 0) is 4.79 Å². The van der Waals surface area contributed by atoms with Crippen LogP contribution in [0.1, 0.15) is 24.0 Å². The summed E-state index contributed by atoms with van der Waals surface area (Å²) in [5, 5.41) is 12.1. The molecule has 0 saturated heterocycles. The molecule has 1 amide bonds. The van der Waals surface area contributed by atoms with Gasteiger partial charge in [-0.15, -0.1) is 0 Å². The summed E-state index contributed by atoms with van der Waals surface area (Å²) in [7, 11) is 0. The second-order valence-corrected chi connectivity index (χ2v) is 4.83. The SMILES string of the molecule is C=C(C)C(=O)Nc1ccc(C(C#N)c2ccccc2)cc1. The zero-order valence-corrected chi connectivity index (χ0v) is 11.8. The van der Waals surface area contributed by atoms with Crippen LogP contribution in [0.5, 0.6) is 0 Å². The van der Waals surface area contributed by atoms with E-state index in [1.165, 1.54) is 0 Å². The van der Waals surface area contributed by atoms with Gasteiger partial charge in [0.1, 0.15) is 0 Å². The molecule has 1 unspecified atom stereocenters. The fourth-order valence-electron chi connectivity index (χ4n) is 1.98. The lowest BCUT2D eigenvalue weighted by molar-refractivity contribution is -0.112. The lowest BCUT2D eigenvalue weighted by atomic mass is 9.92. The summed E-state index contributed by atoms with van der Waals surface area (Å²) in [6.45, 7) is 5.25. The van der Waals surface area contributed by atoms with Crippen molar-refractivity contribution in [3.8, 4) is 6.07 Å². The Labute approximate surface area is 124 Å². The van der Waals surface area contributed by atoms with Gasteiger partial charge in [-0.05, 0) is 30.2 Å². The molecule has 0 aliphatic rings. The van der Waals surface area contributed by atoms with Crippen molar-refractivity contribution in [2.24, 2.45) is 0 Å². The van der Waals surface area contributed by atoms with Crippen molar-refractivity contribution in [3.63, 3.8) is 0 Å². The molecule has 0 fully saturated rings. The molecule has 0 saturated carbocycles. The number of benzene rings is 2. The Morgan fingerprint density at radius 2 is 1.67 bits per heavy atom. The van der Waals surface area contributed by atoms with Gasteiger partial charge >= 0.3 is 0 Å². The van der Waals surface area contributed by atoms with Gasteiger partial charge in [-0.25, -0.2) is 0 Å². The van der Waals surface area contributed by atoms with E-state index in [9.17, 15) is 10.1 Å². The number of anilines is 1. The van der Waals surface area contributed by atoms with Gasteiger partial charge < -0.3 is 5.32 Å². The first kappa shape index (κ1) is 14.5. The topological polar surface area (TPSA) is 52.9 Å². The molecule has 2 rings (SSSR count). The zero-order valence-electron chi connectivity index (χ0n) is 11.8. The molecule has 0 aliphatic carbocycles. The average Bonchev–Trinajstić information content (AvgIpc) is 2.50. The number of carbonyl (C=O) groups is 1. The summed E-state index contributed by atoms with van der Waals surface area (Å²) in [6, 6.07) is 19.2. The number of nitrogens with one attached hydrogen (secondary N) is 1. The third-order valence-corrected chi connectivity index (χ3v) is 3.15. The molecule has 0 spiro atoms. The Morgan fingerprint density at radius 3 is 2.19 bits per heavy atom. The number of carbonyl (C=O) groups excluding carboxylic acids is 1. The Morgan fingerprint density at radius 1 is 1.10 bits per heavy atom. The molecule has 1 atom stereocenters. The summed E-state index contributed by atoms with van der Waals surface area (Å²) in [4.78, 5) is 11.5. The summed E-state index contributed by atoms with van der Waals surface area (Å²) >= 11 is 0. The number of rotatable bonds is 4. The van der Waals surface area contributed by atoms with E-state index in [0.29, 0.717) is 11.3 Å². The van der Waals surface area contributed by atoms with E-state index in [-0.39, 0.29) is 11.8 Å². The van der Waals surface area contributed by atoms with Crippen molar-refractivity contribution in [2.75, 3.05) is 5.32 Å². The van der Waals surface area contributed by atoms with Crippen LogP contribution in [0.2, 0.25) is 0 Å². The van der Waals surface area contributed by atoms with Crippen LogP contribution in [0, 0.1) is 11.3 Å². The monoisotopic (exact) mass is 276 g/mol. The highest BCUT2D eigenvalue weighted by Crippen LogP contribution is 2.25. The number of nitrogens with zero attached hydrogens (tertiary/aromatic N) is 1. The second kappa shape index (κ2) is 6.53. The molecular formula is C18H16N2O. The molecule has 104 valence electrons. The van der Waals surface area contributed by atoms with Crippen molar-refractivity contribution < 1.29 is 4.79 Å². The quantitative estimate of drug-likeness (QED) is 0.862. The largest absolute Gasteiger partial charge is 0.322 e. The molecule has 0 aliphatic heterocycles. The highest BCUT2D eigenvalue weighted by molar-refractivity contribution is 6.02. The van der Waals surface area contributed by atoms with Gasteiger partial charge in [0.25, 0.3) is 5.91 Å². The Hall–Kier alpha value is -2.86. The van der Waals surface area contributed by atoms with Crippen molar-refractivity contribution >= 4 is 11.6 Å². The second-order valence-electron chi connectivity index (χ2n) is 4.83. The number of amides is 1. The summed E-state index contributed by atoms with van der Waals surface area (Å²) in [5.41, 5.74) is 3.01. The molecule has 0 heterocycles. The lowest BCUT2D eigenvalue weighted by Gasteiger charge is -2.11. The van der Waals surface area contributed by atoms with Crippen LogP contribution in [0.25, 0.3) is 0 Å². The van der Waals surface area contributed by atoms with Crippen LogP contribution in [-0.4, -0.2) is 5.91 Å². The molecule has 3 heteroatoms. The van der Waals surface area contributed by atoms with E-state index in [4.69, 9.17) is 0 Å². The van der Waals surface area contributed by atoms with Crippen LogP contribution < -0.4 is 5.32 Å². The zero-order chi connectivity index (χ0) is 15.2. The predicted molar refractivity (Wildman–Crippen MR) is 83.8 cm³/mol. The number of hydrogen-bond donors (Lipinski definition) is 1. The maximum atomic E-state index is 11.5. The average molecular weight is 276 g/mol. The van der Waals surface area contributed by atoms with Crippen LogP contribution in [0.3, 0.4) is 0 Å². The Balaban J connectivity index is 2.20. The van der Waals surface area contributed by atoms with Gasteiger partial charge in [-0.2, -0.15) is 5.26 Å². The van der Waals surface area contributed by atoms with Crippen LogP contribution >= 0.6 is 0 Å². The molecule has 2 aromatic carbocycles. The number of hydrogen-bond acceptors (Lipinski definition) is 2. The summed E-state index contributed by atoms with van der Waals surface area (Å²) < 4.78 is 0. The first-order valence-corrected chi connectivity index (χ1v) is 6.63. The highest BCUT2D eigenvalue weighted by Gasteiger charge is 2.13. The van der Waals surface area contributed by atoms with Crippen molar-refractivity contribution in [1.82, 2.24) is 0 Å². The smallest absolute Gasteiger partial charge is 0.250 e. The number of nitriles is 1. The van der Waals surface area contributed by atoms with E-state index < -0.39 is 0 Å². The molecule has 2 aromatic rings. The van der Waals surface area contributed by atoms with E-state index in [1.807, 2.05) is 42.5 Å². The third-order valence-electron chi connectivity index (χ3n) is 3.15. The highest BCUT2D eigenvalue weighted by atomic mass is 16.1. The van der Waals surface area contributed by atoms with Gasteiger partial charge in [0, 0.05) is 11.3 Å². The fraction of sp³-hybridized carbons (Fsp3) is 0.111. The van der Waals surface area contributed by atoms with Crippen molar-refractivity contribution in [1.29, 1.82) is 5.26 Å². The first-order chi connectivity index (χ1) is 10.1. The van der Waals surface area contributed by atoms with Gasteiger partial charge in [-0.3, -0.25) is 4.79 Å². The first-order valence-electron chi connectivity index (χ1n) is 6.63. The summed E-state index contributed by atoms with van der Waals surface area (Å²) in [5.74, 6) is -0.514. The van der Waals surface area contributed by atoms with E-state index in [0.717, 1.165) is 11.1 Å². The molecule has 3 nitrogen and oxygen atoms in total. The van der Waals surface area contributed by atoms with Gasteiger partial charge in [0.15, 0.2) is 0 Å². The maximum Gasteiger partial charge on any atom is 0.250 e. The van der Waals surface area contributed by atoms with Crippen molar-refractivity contribution in [3.05, 3.63) is 77.9 Å². The third kappa shape index (κ3) is 3.58. The normalized spacial score (nSPS) is 11.2. The van der Waals surface area contributed by atoms with E-state index >= 15 is 0 Å². The Kier molecular flexibility index (Phi) is 4.53. The minimum atomic E-state index is -0.308. The van der Waals surface area contributed by atoms with Crippen molar-refractivity contribution in [2.45, 2.75) is 12.8 Å². The minimum Gasteiger partial charge on any atom is -0.322 e. The molecule has 0 aromatic heterocycles. The van der Waals surface area contributed by atoms with E-state index in [2.05, 4.69) is 18.0 Å². The fourth-order valence-corrected chi connectivity index (χ4v) is 1.98. The standard InChI is InChI=1S/C18H16N2O/c1-13(2)18(21)20-16-10-8-15(9-11-16)17(12-19)14-6-4-3-5-7-14/h3-11,17H,1H2,2H3,(H,20,21). The summed E-state index contributed by atoms with van der Waals surface area (Å²) in [6.07, 6.45) is 0. The minimum absolute atomic E-state index is 0.206. The van der Waals surface area contributed by atoms with Crippen LogP contribution in [0.15, 0.2) is 66.7 Å². The van der Waals surface area contributed by atoms with Gasteiger partial charge in [0.2, 0.25) is 0 Å². The Bertz CT molecular complexity index is 681. The van der Waals surface area contributed by atoms with Crippen LogP contribution in [0.4, 0.5) is 5.69 Å². The molecule has 1 N–H and O–H groups in total. The molecule has 21 heavy (non-hydrogen) atoms. The maximum absolute atomic E-state index is 11.5. The molecule has 0 bridgehead atoms. The molecule has 0 radical (unpaired) electrons.